The summed E-state index contributed by atoms with van der Waals surface area (Å²) in [6, 6.07) is 8.09. The molecular formula is C12H18O2. The first-order valence-electron chi connectivity index (χ1n) is 4.97. The molecule has 2 heteroatoms. The lowest BCUT2D eigenvalue weighted by atomic mass is 10.1. The molecular weight excluding hydrogens is 176 g/mol. The van der Waals surface area contributed by atoms with Crippen LogP contribution in [0.1, 0.15) is 19.4 Å². The first-order valence-corrected chi connectivity index (χ1v) is 4.97. The average Bonchev–Trinajstić information content (AvgIpc) is 2.18. The lowest BCUT2D eigenvalue weighted by molar-refractivity contribution is 0.0813. The lowest BCUT2D eigenvalue weighted by Crippen LogP contribution is -2.05. The van der Waals surface area contributed by atoms with Crippen molar-refractivity contribution in [2.45, 2.75) is 26.4 Å². The zero-order valence-electron chi connectivity index (χ0n) is 9.12. The maximum absolute atomic E-state index is 5.48. The Bertz CT molecular complexity index is 269. The topological polar surface area (TPSA) is 18.5 Å². The molecule has 1 aromatic carbocycles. The van der Waals surface area contributed by atoms with E-state index < -0.39 is 0 Å². The summed E-state index contributed by atoms with van der Waals surface area (Å²) in [6.07, 6.45) is 1.25. The molecule has 0 spiro atoms. The molecule has 0 fully saturated rings. The van der Waals surface area contributed by atoms with Crippen LogP contribution in [-0.2, 0) is 11.2 Å². The molecule has 0 aliphatic rings. The Hall–Kier alpha value is -1.02. The number of ether oxygens (including phenoxy) is 2. The van der Waals surface area contributed by atoms with E-state index in [1.165, 1.54) is 5.56 Å². The van der Waals surface area contributed by atoms with Crippen LogP contribution in [0.5, 0.6) is 5.75 Å². The van der Waals surface area contributed by atoms with Gasteiger partial charge in [0, 0.05) is 0 Å². The van der Waals surface area contributed by atoms with Crippen molar-refractivity contribution in [2.24, 2.45) is 0 Å². The van der Waals surface area contributed by atoms with E-state index in [1.54, 1.807) is 7.11 Å². The van der Waals surface area contributed by atoms with Gasteiger partial charge in [0.05, 0.1) is 19.8 Å². The highest BCUT2D eigenvalue weighted by atomic mass is 16.5. The second kappa shape index (κ2) is 5.66. The summed E-state index contributed by atoms with van der Waals surface area (Å²) < 4.78 is 10.6. The van der Waals surface area contributed by atoms with Crippen LogP contribution in [-0.4, -0.2) is 19.8 Å². The zero-order valence-corrected chi connectivity index (χ0v) is 9.12. The number of hydrogen-bond acceptors (Lipinski definition) is 2. The Kier molecular flexibility index (Phi) is 4.47. The van der Waals surface area contributed by atoms with E-state index in [4.69, 9.17) is 9.47 Å². The smallest absolute Gasteiger partial charge is 0.119 e. The third-order valence-electron chi connectivity index (χ3n) is 1.98. The van der Waals surface area contributed by atoms with Crippen molar-refractivity contribution in [1.82, 2.24) is 0 Å². The molecule has 0 aromatic heterocycles. The molecule has 14 heavy (non-hydrogen) atoms. The average molecular weight is 194 g/mol. The minimum Gasteiger partial charge on any atom is -0.497 e. The quantitative estimate of drug-likeness (QED) is 0.717. The van der Waals surface area contributed by atoms with Crippen molar-refractivity contribution in [1.29, 1.82) is 0 Å². The number of methoxy groups -OCH3 is 1. The molecule has 0 heterocycles. The van der Waals surface area contributed by atoms with Gasteiger partial charge in [0.1, 0.15) is 5.75 Å². The van der Waals surface area contributed by atoms with E-state index in [0.717, 1.165) is 18.8 Å². The first kappa shape index (κ1) is 11.1. The summed E-state index contributed by atoms with van der Waals surface area (Å²) in [4.78, 5) is 0. The van der Waals surface area contributed by atoms with Crippen molar-refractivity contribution in [3.8, 4) is 5.75 Å². The summed E-state index contributed by atoms with van der Waals surface area (Å²) in [5.41, 5.74) is 1.25. The van der Waals surface area contributed by atoms with Crippen LogP contribution < -0.4 is 4.74 Å². The zero-order chi connectivity index (χ0) is 10.4. The molecule has 0 atom stereocenters. The highest BCUT2D eigenvalue weighted by Gasteiger charge is 1.97. The fourth-order valence-corrected chi connectivity index (χ4v) is 1.24. The van der Waals surface area contributed by atoms with Crippen molar-refractivity contribution >= 4 is 0 Å². The van der Waals surface area contributed by atoms with Crippen LogP contribution in [0, 0.1) is 0 Å². The highest BCUT2D eigenvalue weighted by molar-refractivity contribution is 5.28. The Morgan fingerprint density at radius 1 is 1.29 bits per heavy atom. The number of rotatable bonds is 5. The first-order chi connectivity index (χ1) is 6.72. The molecule has 1 rings (SSSR count). The Labute approximate surface area is 85.8 Å². The predicted molar refractivity (Wildman–Crippen MR) is 57.8 cm³/mol. The Balaban J connectivity index is 2.42. The van der Waals surface area contributed by atoms with Gasteiger partial charge in [-0.05, 0) is 38.0 Å². The molecule has 1 aromatic rings. The molecule has 0 radical (unpaired) electrons. The minimum atomic E-state index is 0.306. The summed E-state index contributed by atoms with van der Waals surface area (Å²) >= 11 is 0. The third-order valence-corrected chi connectivity index (χ3v) is 1.98. The minimum absolute atomic E-state index is 0.306. The summed E-state index contributed by atoms with van der Waals surface area (Å²) in [7, 11) is 1.68. The van der Waals surface area contributed by atoms with E-state index in [0.29, 0.717) is 6.10 Å². The monoisotopic (exact) mass is 194 g/mol. The molecule has 2 nitrogen and oxygen atoms in total. The van der Waals surface area contributed by atoms with E-state index in [1.807, 2.05) is 32.0 Å². The second-order valence-electron chi connectivity index (χ2n) is 3.52. The van der Waals surface area contributed by atoms with Crippen LogP contribution >= 0.6 is 0 Å². The molecule has 0 amide bonds. The van der Waals surface area contributed by atoms with Gasteiger partial charge in [-0.15, -0.1) is 0 Å². The molecule has 0 N–H and O–H groups in total. The predicted octanol–water partition coefficient (Wildman–Crippen LogP) is 2.66. The lowest BCUT2D eigenvalue weighted by Gasteiger charge is -2.08. The van der Waals surface area contributed by atoms with Gasteiger partial charge in [0.2, 0.25) is 0 Å². The van der Waals surface area contributed by atoms with Gasteiger partial charge < -0.3 is 9.47 Å². The third kappa shape index (κ3) is 3.79. The van der Waals surface area contributed by atoms with Crippen LogP contribution in [0.15, 0.2) is 24.3 Å². The summed E-state index contributed by atoms with van der Waals surface area (Å²) in [6.45, 7) is 4.86. The van der Waals surface area contributed by atoms with E-state index in [2.05, 4.69) is 6.07 Å². The van der Waals surface area contributed by atoms with Gasteiger partial charge in [-0.2, -0.15) is 0 Å². The molecule has 0 saturated carbocycles. The molecule has 0 saturated heterocycles. The van der Waals surface area contributed by atoms with E-state index in [9.17, 15) is 0 Å². The molecule has 78 valence electrons. The molecule has 0 aliphatic heterocycles. The second-order valence-corrected chi connectivity index (χ2v) is 3.52. The van der Waals surface area contributed by atoms with Gasteiger partial charge in [-0.1, -0.05) is 12.1 Å². The molecule has 0 unspecified atom stereocenters. The number of hydrogen-bond donors (Lipinski definition) is 0. The van der Waals surface area contributed by atoms with Crippen molar-refractivity contribution in [2.75, 3.05) is 13.7 Å². The van der Waals surface area contributed by atoms with Gasteiger partial charge in [-0.25, -0.2) is 0 Å². The summed E-state index contributed by atoms with van der Waals surface area (Å²) in [5.74, 6) is 0.909. The van der Waals surface area contributed by atoms with E-state index in [-0.39, 0.29) is 0 Å². The maximum Gasteiger partial charge on any atom is 0.119 e. The Morgan fingerprint density at radius 3 is 2.71 bits per heavy atom. The fraction of sp³-hybridized carbons (Fsp3) is 0.500. The van der Waals surface area contributed by atoms with Gasteiger partial charge in [0.15, 0.2) is 0 Å². The van der Waals surface area contributed by atoms with Crippen LogP contribution in [0.4, 0.5) is 0 Å². The highest BCUT2D eigenvalue weighted by Crippen LogP contribution is 2.12. The van der Waals surface area contributed by atoms with Gasteiger partial charge in [0.25, 0.3) is 0 Å². The Morgan fingerprint density at radius 2 is 2.07 bits per heavy atom. The fourth-order valence-electron chi connectivity index (χ4n) is 1.24. The van der Waals surface area contributed by atoms with Crippen molar-refractivity contribution in [3.63, 3.8) is 0 Å². The number of benzene rings is 1. The summed E-state index contributed by atoms with van der Waals surface area (Å²) in [5, 5.41) is 0. The van der Waals surface area contributed by atoms with E-state index >= 15 is 0 Å². The standard InChI is InChI=1S/C12H18O2/c1-10(2)14-8-7-11-5-4-6-12(9-11)13-3/h4-6,9-10H,7-8H2,1-3H3. The normalized spacial score (nSPS) is 10.6. The SMILES string of the molecule is COc1cccc(CCOC(C)C)c1. The molecule has 0 bridgehead atoms. The van der Waals surface area contributed by atoms with Crippen LogP contribution in [0.25, 0.3) is 0 Å². The van der Waals surface area contributed by atoms with Crippen LogP contribution in [0.2, 0.25) is 0 Å². The maximum atomic E-state index is 5.48. The van der Waals surface area contributed by atoms with Gasteiger partial charge in [-0.3, -0.25) is 0 Å². The van der Waals surface area contributed by atoms with Crippen molar-refractivity contribution < 1.29 is 9.47 Å². The van der Waals surface area contributed by atoms with Gasteiger partial charge >= 0.3 is 0 Å². The molecule has 0 aliphatic carbocycles. The van der Waals surface area contributed by atoms with Crippen molar-refractivity contribution in [3.05, 3.63) is 29.8 Å². The largest absolute Gasteiger partial charge is 0.497 e. The van der Waals surface area contributed by atoms with Crippen LogP contribution in [0.3, 0.4) is 0 Å².